The van der Waals surface area contributed by atoms with Crippen molar-refractivity contribution >= 4 is 11.9 Å². The number of hydrogen-bond acceptors (Lipinski definition) is 5. The van der Waals surface area contributed by atoms with E-state index in [4.69, 9.17) is 4.74 Å². The van der Waals surface area contributed by atoms with Crippen LogP contribution in [0.2, 0.25) is 0 Å². The summed E-state index contributed by atoms with van der Waals surface area (Å²) in [6, 6.07) is 2.08. The largest absolute Gasteiger partial charge is 0.444 e. The third-order valence-corrected chi connectivity index (χ3v) is 4.45. The molecule has 2 heterocycles. The fourth-order valence-corrected chi connectivity index (χ4v) is 2.50. The molecule has 1 N–H and O–H groups in total. The highest BCUT2D eigenvalue weighted by molar-refractivity contribution is 5.67. The first-order valence-corrected chi connectivity index (χ1v) is 8.65. The summed E-state index contributed by atoms with van der Waals surface area (Å²) in [5.41, 5.74) is 0.671. The van der Waals surface area contributed by atoms with Gasteiger partial charge in [-0.15, -0.1) is 0 Å². The summed E-state index contributed by atoms with van der Waals surface area (Å²) in [5, 5.41) is 2.84. The average Bonchev–Trinajstić information content (AvgIpc) is 2.44. The molecule has 0 aromatic carbocycles. The zero-order valence-electron chi connectivity index (χ0n) is 15.7. The van der Waals surface area contributed by atoms with Crippen molar-refractivity contribution in [3.05, 3.63) is 18.1 Å². The van der Waals surface area contributed by atoms with Gasteiger partial charge in [0.05, 0.1) is 5.69 Å². The minimum atomic E-state index is -0.459. The molecule has 0 radical (unpaired) electrons. The van der Waals surface area contributed by atoms with Gasteiger partial charge in [-0.05, 0) is 27.2 Å². The highest BCUT2D eigenvalue weighted by Gasteiger charge is 2.30. The first-order chi connectivity index (χ1) is 11.1. The molecule has 0 unspecified atom stereocenters. The fourth-order valence-electron chi connectivity index (χ4n) is 2.50. The van der Waals surface area contributed by atoms with Crippen LogP contribution in [-0.2, 0) is 10.2 Å². The molecule has 0 atom stereocenters. The maximum atomic E-state index is 11.7. The Morgan fingerprint density at radius 2 is 1.96 bits per heavy atom. The highest BCUT2D eigenvalue weighted by atomic mass is 16.6. The smallest absolute Gasteiger partial charge is 0.407 e. The van der Waals surface area contributed by atoms with Crippen LogP contribution in [0.5, 0.6) is 0 Å². The number of ether oxygens (including phenoxy) is 1. The van der Waals surface area contributed by atoms with Crippen LogP contribution in [0.1, 0.15) is 53.7 Å². The standard InChI is InChI=1S/C18H30N4O2/c1-7-18(5,6)14-8-15(21-12-20-14)22-10-13(11-22)9-19-16(23)24-17(2,3)4/h8,12-13H,7,9-11H2,1-6H3,(H,19,23). The number of amides is 1. The minimum Gasteiger partial charge on any atom is -0.444 e. The molecule has 1 aliphatic rings. The lowest BCUT2D eigenvalue weighted by Gasteiger charge is -2.40. The molecule has 1 aliphatic heterocycles. The van der Waals surface area contributed by atoms with Crippen LogP contribution in [0.15, 0.2) is 12.4 Å². The van der Waals surface area contributed by atoms with Crippen LogP contribution in [0.3, 0.4) is 0 Å². The van der Waals surface area contributed by atoms with E-state index in [2.05, 4.69) is 47.0 Å². The second-order valence-electron chi connectivity index (χ2n) is 8.15. The first-order valence-electron chi connectivity index (χ1n) is 8.65. The molecule has 1 saturated heterocycles. The van der Waals surface area contributed by atoms with Gasteiger partial charge in [-0.25, -0.2) is 14.8 Å². The van der Waals surface area contributed by atoms with Gasteiger partial charge in [0.15, 0.2) is 0 Å². The predicted octanol–water partition coefficient (Wildman–Crippen LogP) is 3.13. The van der Waals surface area contributed by atoms with E-state index in [9.17, 15) is 4.79 Å². The number of nitrogens with zero attached hydrogens (tertiary/aromatic N) is 3. The molecule has 1 fully saturated rings. The topological polar surface area (TPSA) is 67.4 Å². The maximum Gasteiger partial charge on any atom is 0.407 e. The summed E-state index contributed by atoms with van der Waals surface area (Å²) in [4.78, 5) is 22.7. The third-order valence-electron chi connectivity index (χ3n) is 4.45. The highest BCUT2D eigenvalue weighted by Crippen LogP contribution is 2.29. The quantitative estimate of drug-likeness (QED) is 0.896. The van der Waals surface area contributed by atoms with Gasteiger partial charge in [-0.1, -0.05) is 20.8 Å². The molecule has 0 aliphatic carbocycles. The maximum absolute atomic E-state index is 11.7. The van der Waals surface area contributed by atoms with E-state index in [1.54, 1.807) is 6.33 Å². The number of alkyl carbamates (subject to hydrolysis) is 1. The van der Waals surface area contributed by atoms with Gasteiger partial charge in [0.2, 0.25) is 0 Å². The van der Waals surface area contributed by atoms with Crippen LogP contribution in [0, 0.1) is 5.92 Å². The molecular weight excluding hydrogens is 304 g/mol. The zero-order valence-corrected chi connectivity index (χ0v) is 15.7. The van der Waals surface area contributed by atoms with Gasteiger partial charge in [0.1, 0.15) is 17.7 Å². The van der Waals surface area contributed by atoms with E-state index < -0.39 is 5.60 Å². The fraction of sp³-hybridized carbons (Fsp3) is 0.722. The molecule has 2 rings (SSSR count). The first kappa shape index (κ1) is 18.5. The van der Waals surface area contributed by atoms with Crippen LogP contribution in [0.25, 0.3) is 0 Å². The summed E-state index contributed by atoms with van der Waals surface area (Å²) >= 11 is 0. The van der Waals surface area contributed by atoms with E-state index in [1.807, 2.05) is 20.8 Å². The van der Waals surface area contributed by atoms with Crippen LogP contribution in [-0.4, -0.2) is 41.3 Å². The second kappa shape index (κ2) is 6.95. The van der Waals surface area contributed by atoms with E-state index in [1.165, 1.54) is 0 Å². The third kappa shape index (κ3) is 4.82. The monoisotopic (exact) mass is 334 g/mol. The van der Waals surface area contributed by atoms with Gasteiger partial charge in [0, 0.05) is 37.0 Å². The molecule has 1 amide bonds. The zero-order chi connectivity index (χ0) is 18.0. The molecule has 0 bridgehead atoms. The Balaban J connectivity index is 1.82. The molecular formula is C18H30N4O2. The van der Waals surface area contributed by atoms with Crippen LogP contribution >= 0.6 is 0 Å². The number of rotatable bonds is 5. The van der Waals surface area contributed by atoms with Gasteiger partial charge < -0.3 is 15.0 Å². The van der Waals surface area contributed by atoms with E-state index in [-0.39, 0.29) is 11.5 Å². The Morgan fingerprint density at radius 1 is 1.29 bits per heavy atom. The Hall–Kier alpha value is -1.85. The van der Waals surface area contributed by atoms with Gasteiger partial charge in [-0.3, -0.25) is 0 Å². The lowest BCUT2D eigenvalue weighted by Crippen LogP contribution is -2.52. The van der Waals surface area contributed by atoms with Crippen LogP contribution in [0.4, 0.5) is 10.6 Å². The summed E-state index contributed by atoms with van der Waals surface area (Å²) < 4.78 is 5.25. The number of carbonyl (C=O) groups is 1. The average molecular weight is 334 g/mol. The van der Waals surface area contributed by atoms with Crippen LogP contribution < -0.4 is 10.2 Å². The van der Waals surface area contributed by atoms with Crippen molar-refractivity contribution in [1.82, 2.24) is 15.3 Å². The summed E-state index contributed by atoms with van der Waals surface area (Å²) in [6.45, 7) is 14.6. The van der Waals surface area contributed by atoms with Gasteiger partial charge in [0.25, 0.3) is 0 Å². The number of carbonyl (C=O) groups excluding carboxylic acids is 1. The van der Waals surface area contributed by atoms with Crippen molar-refractivity contribution in [2.45, 2.75) is 59.0 Å². The van der Waals surface area contributed by atoms with Gasteiger partial charge >= 0.3 is 6.09 Å². The Labute approximate surface area is 145 Å². The molecule has 134 valence electrons. The molecule has 6 heteroatoms. The summed E-state index contributed by atoms with van der Waals surface area (Å²) in [6.07, 6.45) is 2.33. The van der Waals surface area contributed by atoms with E-state index >= 15 is 0 Å². The number of nitrogens with one attached hydrogen (secondary N) is 1. The SMILES string of the molecule is CCC(C)(C)c1cc(N2CC(CNC(=O)OC(C)(C)C)C2)ncn1. The Bertz CT molecular complexity index is 575. The minimum absolute atomic E-state index is 0.0558. The van der Waals surface area contributed by atoms with Crippen molar-refractivity contribution in [3.63, 3.8) is 0 Å². The molecule has 24 heavy (non-hydrogen) atoms. The molecule has 1 aromatic rings. The van der Waals surface area contributed by atoms with Crippen molar-refractivity contribution in [1.29, 1.82) is 0 Å². The second-order valence-corrected chi connectivity index (χ2v) is 8.15. The summed E-state index contributed by atoms with van der Waals surface area (Å²) in [7, 11) is 0. The van der Waals surface area contributed by atoms with E-state index in [0.717, 1.165) is 31.0 Å². The van der Waals surface area contributed by atoms with Crippen molar-refractivity contribution < 1.29 is 9.53 Å². The molecule has 1 aromatic heterocycles. The Morgan fingerprint density at radius 3 is 2.54 bits per heavy atom. The lowest BCUT2D eigenvalue weighted by molar-refractivity contribution is 0.0516. The molecule has 6 nitrogen and oxygen atoms in total. The number of aromatic nitrogens is 2. The molecule has 0 saturated carbocycles. The summed E-state index contributed by atoms with van der Waals surface area (Å²) in [5.74, 6) is 1.39. The van der Waals surface area contributed by atoms with Crippen molar-refractivity contribution in [3.8, 4) is 0 Å². The van der Waals surface area contributed by atoms with E-state index in [0.29, 0.717) is 12.5 Å². The molecule has 0 spiro atoms. The Kier molecular flexibility index (Phi) is 5.35. The lowest BCUT2D eigenvalue weighted by atomic mass is 9.86. The van der Waals surface area contributed by atoms with Crippen molar-refractivity contribution in [2.24, 2.45) is 5.92 Å². The van der Waals surface area contributed by atoms with Crippen molar-refractivity contribution in [2.75, 3.05) is 24.5 Å². The number of hydrogen-bond donors (Lipinski definition) is 1. The number of anilines is 1. The predicted molar refractivity (Wildman–Crippen MR) is 95.3 cm³/mol. The normalized spacial score (nSPS) is 15.8. The van der Waals surface area contributed by atoms with Gasteiger partial charge in [-0.2, -0.15) is 0 Å².